The van der Waals surface area contributed by atoms with Crippen LogP contribution in [0, 0.1) is 5.92 Å². The van der Waals surface area contributed by atoms with Crippen molar-refractivity contribution in [1.29, 1.82) is 0 Å². The molecule has 2 aromatic heterocycles. The van der Waals surface area contributed by atoms with E-state index in [1.54, 1.807) is 0 Å². The van der Waals surface area contributed by atoms with Gasteiger partial charge in [-0.05, 0) is 18.4 Å². The molecule has 0 saturated heterocycles. The summed E-state index contributed by atoms with van der Waals surface area (Å²) in [7, 11) is -3.79. The number of H-pyrrole nitrogens is 1. The molecule has 0 amide bonds. The number of aliphatic hydroxyl groups is 1. The number of nitrogens with one attached hydrogen (secondary N) is 2. The van der Waals surface area contributed by atoms with Crippen LogP contribution >= 0.6 is 11.6 Å². The summed E-state index contributed by atoms with van der Waals surface area (Å²) in [6.45, 7) is 3.67. The average molecular weight is 332 g/mol. The number of aromatic nitrogens is 2. The van der Waals surface area contributed by atoms with Crippen LogP contribution in [0.5, 0.6) is 0 Å². The molecule has 116 valence electrons. The fourth-order valence-corrected chi connectivity index (χ4v) is 3.94. The molecule has 2 aromatic rings. The first kappa shape index (κ1) is 16.2. The van der Waals surface area contributed by atoms with Gasteiger partial charge in [0.25, 0.3) is 0 Å². The number of nitrogens with zero attached hydrogens (tertiary/aromatic N) is 1. The Labute approximate surface area is 128 Å². The highest BCUT2D eigenvalue weighted by Gasteiger charge is 2.24. The zero-order valence-electron chi connectivity index (χ0n) is 11.8. The van der Waals surface area contributed by atoms with E-state index in [4.69, 9.17) is 11.6 Å². The maximum Gasteiger partial charge on any atom is 0.243 e. The van der Waals surface area contributed by atoms with Crippen molar-refractivity contribution in [2.45, 2.75) is 31.2 Å². The van der Waals surface area contributed by atoms with E-state index in [9.17, 15) is 13.5 Å². The van der Waals surface area contributed by atoms with Crippen LogP contribution in [0.3, 0.4) is 0 Å². The molecule has 0 fully saturated rings. The lowest BCUT2D eigenvalue weighted by Crippen LogP contribution is -2.38. The van der Waals surface area contributed by atoms with Crippen LogP contribution in [0.25, 0.3) is 11.0 Å². The number of fused-ring (bicyclic) bond motifs is 1. The zero-order chi connectivity index (χ0) is 15.6. The van der Waals surface area contributed by atoms with Gasteiger partial charge in [-0.15, -0.1) is 0 Å². The van der Waals surface area contributed by atoms with Gasteiger partial charge in [-0.1, -0.05) is 25.4 Å². The minimum atomic E-state index is -3.79. The highest BCUT2D eigenvalue weighted by Crippen LogP contribution is 2.28. The van der Waals surface area contributed by atoms with Gasteiger partial charge in [-0.25, -0.2) is 18.1 Å². The second kappa shape index (κ2) is 6.31. The quantitative estimate of drug-likeness (QED) is 0.753. The summed E-state index contributed by atoms with van der Waals surface area (Å²) in [6, 6.07) is 1.00. The van der Waals surface area contributed by atoms with E-state index in [1.807, 2.05) is 13.8 Å². The molecule has 2 rings (SSSR count). The number of aliphatic hydroxyl groups excluding tert-OH is 1. The van der Waals surface area contributed by atoms with Gasteiger partial charge in [0.2, 0.25) is 10.0 Å². The molecule has 2 heterocycles. The van der Waals surface area contributed by atoms with Crippen molar-refractivity contribution in [1.82, 2.24) is 14.7 Å². The Morgan fingerprint density at radius 2 is 2.19 bits per heavy atom. The molecule has 0 radical (unpaired) electrons. The number of hydrogen-bond donors (Lipinski definition) is 3. The molecule has 0 spiro atoms. The Hall–Kier alpha value is -1.15. The molecule has 3 N–H and O–H groups in total. The molecule has 0 aliphatic heterocycles. The fraction of sp³-hybridized carbons (Fsp3) is 0.462. The van der Waals surface area contributed by atoms with Crippen LogP contribution in [0.4, 0.5) is 0 Å². The molecule has 0 aliphatic carbocycles. The Balaban J connectivity index is 2.38. The highest BCUT2D eigenvalue weighted by molar-refractivity contribution is 7.89. The normalized spacial score (nSPS) is 14.0. The minimum absolute atomic E-state index is 0.0396. The summed E-state index contributed by atoms with van der Waals surface area (Å²) < 4.78 is 27.5. The predicted molar refractivity (Wildman–Crippen MR) is 81.8 cm³/mol. The third-order valence-corrected chi connectivity index (χ3v) is 4.93. The number of aromatic amines is 1. The smallest absolute Gasteiger partial charge is 0.243 e. The Bertz CT molecular complexity index is 727. The topological polar surface area (TPSA) is 95.1 Å². The van der Waals surface area contributed by atoms with Crippen LogP contribution in [0.2, 0.25) is 5.02 Å². The summed E-state index contributed by atoms with van der Waals surface area (Å²) in [5.41, 5.74) is 0.410. The van der Waals surface area contributed by atoms with Crippen LogP contribution in [0.15, 0.2) is 23.4 Å². The maximum absolute atomic E-state index is 12.5. The van der Waals surface area contributed by atoms with E-state index in [0.29, 0.717) is 22.5 Å². The van der Waals surface area contributed by atoms with Crippen LogP contribution < -0.4 is 4.72 Å². The molecule has 6 nitrogen and oxygen atoms in total. The van der Waals surface area contributed by atoms with E-state index in [2.05, 4.69) is 14.7 Å². The van der Waals surface area contributed by atoms with Crippen molar-refractivity contribution < 1.29 is 13.5 Å². The van der Waals surface area contributed by atoms with Gasteiger partial charge in [-0.2, -0.15) is 0 Å². The Morgan fingerprint density at radius 1 is 1.48 bits per heavy atom. The lowest BCUT2D eigenvalue weighted by Gasteiger charge is -2.18. The van der Waals surface area contributed by atoms with Gasteiger partial charge >= 0.3 is 0 Å². The average Bonchev–Trinajstić information content (AvgIpc) is 2.83. The first-order chi connectivity index (χ1) is 9.85. The predicted octanol–water partition coefficient (Wildman–Crippen LogP) is 1.90. The van der Waals surface area contributed by atoms with Crippen LogP contribution in [0.1, 0.15) is 20.3 Å². The lowest BCUT2D eigenvalue weighted by atomic mass is 10.1. The zero-order valence-corrected chi connectivity index (χ0v) is 13.4. The van der Waals surface area contributed by atoms with Crippen molar-refractivity contribution in [3.8, 4) is 0 Å². The van der Waals surface area contributed by atoms with Gasteiger partial charge in [0.05, 0.1) is 17.0 Å². The molecule has 0 aromatic carbocycles. The van der Waals surface area contributed by atoms with Crippen molar-refractivity contribution in [2.24, 2.45) is 5.92 Å². The van der Waals surface area contributed by atoms with Gasteiger partial charge in [0, 0.05) is 18.4 Å². The summed E-state index contributed by atoms with van der Waals surface area (Å²) in [5, 5.41) is 10.00. The van der Waals surface area contributed by atoms with E-state index in [-0.39, 0.29) is 17.4 Å². The maximum atomic E-state index is 12.5. The number of sulfonamides is 1. The molecule has 8 heteroatoms. The first-order valence-electron chi connectivity index (χ1n) is 6.60. The molecule has 0 bridgehead atoms. The van der Waals surface area contributed by atoms with Crippen LogP contribution in [-0.2, 0) is 10.0 Å². The molecule has 0 aliphatic rings. The third-order valence-electron chi connectivity index (χ3n) is 3.07. The Morgan fingerprint density at radius 3 is 2.81 bits per heavy atom. The molecule has 1 unspecified atom stereocenters. The van der Waals surface area contributed by atoms with Crippen molar-refractivity contribution in [3.05, 3.63) is 23.5 Å². The molecule has 1 atom stereocenters. The fourth-order valence-electron chi connectivity index (χ4n) is 2.21. The van der Waals surface area contributed by atoms with E-state index in [1.165, 1.54) is 18.5 Å². The van der Waals surface area contributed by atoms with E-state index in [0.717, 1.165) is 0 Å². The number of hydrogen-bond acceptors (Lipinski definition) is 4. The molecular weight excluding hydrogens is 314 g/mol. The number of halogens is 1. The largest absolute Gasteiger partial charge is 0.395 e. The molecular formula is C13H18ClN3O3S. The molecule has 21 heavy (non-hydrogen) atoms. The Kier molecular flexibility index (Phi) is 4.88. The van der Waals surface area contributed by atoms with Gasteiger partial charge in [-0.3, -0.25) is 0 Å². The SMILES string of the molecule is CC(C)CC(CO)NS(=O)(=O)c1c[nH]c2nccc(Cl)c12. The minimum Gasteiger partial charge on any atom is -0.395 e. The summed E-state index contributed by atoms with van der Waals surface area (Å²) >= 11 is 6.06. The van der Waals surface area contributed by atoms with Crippen molar-refractivity contribution in [3.63, 3.8) is 0 Å². The first-order valence-corrected chi connectivity index (χ1v) is 8.46. The van der Waals surface area contributed by atoms with Gasteiger partial charge < -0.3 is 10.1 Å². The number of pyridine rings is 1. The standard InChI is InChI=1S/C13H18ClN3O3S/c1-8(2)5-9(7-18)17-21(19,20)11-6-16-13-12(11)10(14)3-4-15-13/h3-4,6,8-9,17-18H,5,7H2,1-2H3,(H,15,16). The van der Waals surface area contributed by atoms with Gasteiger partial charge in [0.15, 0.2) is 0 Å². The summed E-state index contributed by atoms with van der Waals surface area (Å²) in [6.07, 6.45) is 3.40. The van der Waals surface area contributed by atoms with Crippen LogP contribution in [-0.4, -0.2) is 36.1 Å². The number of rotatable bonds is 6. The summed E-state index contributed by atoms with van der Waals surface area (Å²) in [5.74, 6) is 0.262. The third kappa shape index (κ3) is 3.55. The van der Waals surface area contributed by atoms with Crippen molar-refractivity contribution in [2.75, 3.05) is 6.61 Å². The molecule has 0 saturated carbocycles. The summed E-state index contributed by atoms with van der Waals surface area (Å²) in [4.78, 5) is 6.87. The highest BCUT2D eigenvalue weighted by atomic mass is 35.5. The van der Waals surface area contributed by atoms with Crippen molar-refractivity contribution >= 4 is 32.7 Å². The second-order valence-corrected chi connectivity index (χ2v) is 7.39. The second-order valence-electron chi connectivity index (χ2n) is 5.30. The van der Waals surface area contributed by atoms with E-state index >= 15 is 0 Å². The monoisotopic (exact) mass is 331 g/mol. The van der Waals surface area contributed by atoms with E-state index < -0.39 is 16.1 Å². The lowest BCUT2D eigenvalue weighted by molar-refractivity contribution is 0.240. The van der Waals surface area contributed by atoms with Gasteiger partial charge in [0.1, 0.15) is 10.5 Å².